The molecule has 0 radical (unpaired) electrons. The molecule has 0 aliphatic heterocycles. The van der Waals surface area contributed by atoms with Gasteiger partial charge in [0.2, 0.25) is 10.0 Å². The summed E-state index contributed by atoms with van der Waals surface area (Å²) in [5, 5.41) is 13.9. The molecule has 0 aliphatic rings. The fraction of sp³-hybridized carbons (Fsp3) is 0.316. The lowest BCUT2D eigenvalue weighted by molar-refractivity contribution is -0.385. The Morgan fingerprint density at radius 2 is 1.90 bits per heavy atom. The highest BCUT2D eigenvalue weighted by Crippen LogP contribution is 2.19. The van der Waals surface area contributed by atoms with Crippen molar-refractivity contribution in [3.63, 3.8) is 0 Å². The number of nitro groups is 1. The minimum Gasteiger partial charge on any atom is -0.496 e. The molecule has 0 spiro atoms. The molecule has 0 amide bonds. The van der Waals surface area contributed by atoms with Gasteiger partial charge in [-0.15, -0.1) is 24.0 Å². The van der Waals surface area contributed by atoms with Gasteiger partial charge in [-0.25, -0.2) is 13.1 Å². The Kier molecular flexibility index (Phi) is 10.6. The molecule has 2 rings (SSSR count). The third-order valence-electron chi connectivity index (χ3n) is 4.21. The van der Waals surface area contributed by atoms with Crippen molar-refractivity contribution in [3.8, 4) is 5.75 Å². The van der Waals surface area contributed by atoms with E-state index in [1.807, 2.05) is 36.2 Å². The standard InChI is InChI=1S/C19H25N5O5S.HI/c1-20-19(23(2)14-15-7-4-5-10-18(15)29-3)21-11-12-22-30(27,28)17-9-6-8-16(13-17)24(25)26;/h4-10,13,22H,11-12,14H2,1-3H3,(H,20,21);1H. The summed E-state index contributed by atoms with van der Waals surface area (Å²) >= 11 is 0. The molecular formula is C19H26IN5O5S. The fourth-order valence-corrected chi connectivity index (χ4v) is 3.83. The second-order valence-electron chi connectivity index (χ2n) is 6.29. The first-order chi connectivity index (χ1) is 14.3. The molecule has 0 saturated carbocycles. The molecule has 0 atom stereocenters. The summed E-state index contributed by atoms with van der Waals surface area (Å²) in [6, 6.07) is 12.5. The Balaban J connectivity index is 0.00000480. The van der Waals surface area contributed by atoms with E-state index in [1.165, 1.54) is 18.2 Å². The zero-order chi connectivity index (χ0) is 22.1. The van der Waals surface area contributed by atoms with Gasteiger partial charge in [0, 0.05) is 51.4 Å². The van der Waals surface area contributed by atoms with Gasteiger partial charge in [0.15, 0.2) is 5.96 Å². The average Bonchev–Trinajstić information content (AvgIpc) is 2.74. The number of guanidine groups is 1. The molecule has 2 N–H and O–H groups in total. The number of methoxy groups -OCH3 is 1. The van der Waals surface area contributed by atoms with Crippen molar-refractivity contribution >= 4 is 45.6 Å². The molecule has 0 saturated heterocycles. The summed E-state index contributed by atoms with van der Waals surface area (Å²) in [6.45, 7) is 0.896. The SMILES string of the molecule is CN=C(NCCNS(=O)(=O)c1cccc([N+](=O)[O-])c1)N(C)Cc1ccccc1OC.I. The minimum absolute atomic E-state index is 0. The Labute approximate surface area is 198 Å². The van der Waals surface area contributed by atoms with E-state index in [2.05, 4.69) is 15.0 Å². The van der Waals surface area contributed by atoms with Crippen LogP contribution in [0.2, 0.25) is 0 Å². The minimum atomic E-state index is -3.86. The second kappa shape index (κ2) is 12.4. The van der Waals surface area contributed by atoms with Crippen molar-refractivity contribution in [2.24, 2.45) is 4.99 Å². The summed E-state index contributed by atoms with van der Waals surface area (Å²) in [5.74, 6) is 1.35. The van der Waals surface area contributed by atoms with Crippen LogP contribution in [0.1, 0.15) is 5.56 Å². The van der Waals surface area contributed by atoms with Crippen LogP contribution in [0.15, 0.2) is 58.4 Å². The molecule has 0 fully saturated rings. The molecule has 0 bridgehead atoms. The van der Waals surface area contributed by atoms with Crippen molar-refractivity contribution in [1.82, 2.24) is 14.9 Å². The van der Waals surface area contributed by atoms with Crippen LogP contribution in [0.5, 0.6) is 5.75 Å². The van der Waals surface area contributed by atoms with Gasteiger partial charge in [-0.2, -0.15) is 0 Å². The first kappa shape index (κ1) is 26.6. The lowest BCUT2D eigenvalue weighted by atomic mass is 10.2. The normalized spacial score (nSPS) is 11.4. The molecule has 10 nitrogen and oxygen atoms in total. The van der Waals surface area contributed by atoms with Gasteiger partial charge in [-0.1, -0.05) is 24.3 Å². The van der Waals surface area contributed by atoms with Crippen LogP contribution in [0.4, 0.5) is 5.69 Å². The number of hydrogen-bond acceptors (Lipinski definition) is 6. The number of halogens is 1. The first-order valence-corrected chi connectivity index (χ1v) is 10.5. The van der Waals surface area contributed by atoms with E-state index >= 15 is 0 Å². The van der Waals surface area contributed by atoms with Gasteiger partial charge in [0.05, 0.1) is 16.9 Å². The highest BCUT2D eigenvalue weighted by Gasteiger charge is 2.17. The maximum absolute atomic E-state index is 12.4. The molecule has 170 valence electrons. The van der Waals surface area contributed by atoms with E-state index < -0.39 is 14.9 Å². The molecule has 0 unspecified atom stereocenters. The molecule has 0 aliphatic carbocycles. The quantitative estimate of drug-likeness (QED) is 0.120. The van der Waals surface area contributed by atoms with Crippen LogP contribution in [-0.4, -0.2) is 58.5 Å². The highest BCUT2D eigenvalue weighted by atomic mass is 127. The zero-order valence-electron chi connectivity index (χ0n) is 17.4. The highest BCUT2D eigenvalue weighted by molar-refractivity contribution is 14.0. The fourth-order valence-electron chi connectivity index (χ4n) is 2.76. The number of para-hydroxylation sites is 1. The number of nitro benzene ring substituents is 1. The molecule has 31 heavy (non-hydrogen) atoms. The topological polar surface area (TPSA) is 126 Å². The Morgan fingerprint density at radius 1 is 1.19 bits per heavy atom. The van der Waals surface area contributed by atoms with E-state index in [0.717, 1.165) is 17.4 Å². The van der Waals surface area contributed by atoms with E-state index in [9.17, 15) is 18.5 Å². The van der Waals surface area contributed by atoms with E-state index in [1.54, 1.807) is 14.2 Å². The predicted molar refractivity (Wildman–Crippen MR) is 130 cm³/mol. The largest absolute Gasteiger partial charge is 0.496 e. The lowest BCUT2D eigenvalue weighted by Gasteiger charge is -2.23. The summed E-state index contributed by atoms with van der Waals surface area (Å²) < 4.78 is 32.5. The Morgan fingerprint density at radius 3 is 2.55 bits per heavy atom. The van der Waals surface area contributed by atoms with E-state index in [4.69, 9.17) is 4.74 Å². The number of nitrogens with one attached hydrogen (secondary N) is 2. The second-order valence-corrected chi connectivity index (χ2v) is 8.06. The Bertz CT molecular complexity index is 1020. The first-order valence-electron chi connectivity index (χ1n) is 9.06. The van der Waals surface area contributed by atoms with Crippen LogP contribution in [0, 0.1) is 10.1 Å². The van der Waals surface area contributed by atoms with Crippen LogP contribution < -0.4 is 14.8 Å². The van der Waals surface area contributed by atoms with Gasteiger partial charge in [0.25, 0.3) is 5.69 Å². The molecule has 2 aromatic rings. The zero-order valence-corrected chi connectivity index (χ0v) is 20.6. The number of hydrogen-bond donors (Lipinski definition) is 2. The summed E-state index contributed by atoms with van der Waals surface area (Å²) in [6.07, 6.45) is 0. The number of sulfonamides is 1. The van der Waals surface area contributed by atoms with Crippen molar-refractivity contribution in [3.05, 3.63) is 64.2 Å². The number of rotatable bonds is 9. The van der Waals surface area contributed by atoms with Crippen LogP contribution >= 0.6 is 24.0 Å². The van der Waals surface area contributed by atoms with Crippen molar-refractivity contribution in [2.45, 2.75) is 11.4 Å². The van der Waals surface area contributed by atoms with Crippen LogP contribution in [-0.2, 0) is 16.6 Å². The van der Waals surface area contributed by atoms with Crippen molar-refractivity contribution in [1.29, 1.82) is 0 Å². The van der Waals surface area contributed by atoms with Crippen LogP contribution in [0.3, 0.4) is 0 Å². The number of aliphatic imine (C=N–C) groups is 1. The van der Waals surface area contributed by atoms with Crippen LogP contribution in [0.25, 0.3) is 0 Å². The predicted octanol–water partition coefficient (Wildman–Crippen LogP) is 2.21. The molecule has 0 aromatic heterocycles. The monoisotopic (exact) mass is 563 g/mol. The maximum atomic E-state index is 12.4. The van der Waals surface area contributed by atoms with Crippen molar-refractivity contribution < 1.29 is 18.1 Å². The van der Waals surface area contributed by atoms with Gasteiger partial charge in [0.1, 0.15) is 5.75 Å². The third kappa shape index (κ3) is 7.63. The number of ether oxygens (including phenoxy) is 1. The summed E-state index contributed by atoms with van der Waals surface area (Å²) in [7, 11) is 1.24. The number of non-ortho nitro benzene ring substituents is 1. The molecular weight excluding hydrogens is 537 g/mol. The third-order valence-corrected chi connectivity index (χ3v) is 5.67. The summed E-state index contributed by atoms with van der Waals surface area (Å²) in [5.41, 5.74) is 0.700. The average molecular weight is 563 g/mol. The summed E-state index contributed by atoms with van der Waals surface area (Å²) in [4.78, 5) is 16.1. The lowest BCUT2D eigenvalue weighted by Crippen LogP contribution is -2.42. The van der Waals surface area contributed by atoms with Gasteiger partial charge < -0.3 is 15.0 Å². The van der Waals surface area contributed by atoms with Gasteiger partial charge >= 0.3 is 0 Å². The molecule has 0 heterocycles. The molecule has 2 aromatic carbocycles. The molecule has 12 heteroatoms. The smallest absolute Gasteiger partial charge is 0.270 e. The van der Waals surface area contributed by atoms with Crippen molar-refractivity contribution in [2.75, 3.05) is 34.3 Å². The van der Waals surface area contributed by atoms with Gasteiger partial charge in [-0.3, -0.25) is 15.1 Å². The Hall–Kier alpha value is -2.45. The number of nitrogens with zero attached hydrogens (tertiary/aromatic N) is 3. The van der Waals surface area contributed by atoms with E-state index in [-0.39, 0.29) is 47.6 Å². The van der Waals surface area contributed by atoms with Gasteiger partial charge in [-0.05, 0) is 12.1 Å². The number of benzene rings is 2. The maximum Gasteiger partial charge on any atom is 0.270 e. The van der Waals surface area contributed by atoms with E-state index in [0.29, 0.717) is 12.5 Å².